The number of ether oxygens (including phenoxy) is 1. The fourth-order valence-electron chi connectivity index (χ4n) is 2.89. The zero-order valence-corrected chi connectivity index (χ0v) is 12.6. The summed E-state index contributed by atoms with van der Waals surface area (Å²) in [6.07, 6.45) is 3.12. The van der Waals surface area contributed by atoms with Gasteiger partial charge in [0, 0.05) is 43.2 Å². The molecule has 0 spiro atoms. The molecule has 1 N–H and O–H groups in total. The lowest BCUT2D eigenvalue weighted by atomic mass is 10.0. The maximum Gasteiger partial charge on any atom is 0.338 e. The number of fused-ring (bicyclic) bond motifs is 1. The first-order valence-electron chi connectivity index (χ1n) is 7.08. The van der Waals surface area contributed by atoms with Crippen molar-refractivity contribution in [3.63, 3.8) is 0 Å². The molecule has 1 saturated heterocycles. The van der Waals surface area contributed by atoms with E-state index in [4.69, 9.17) is 4.74 Å². The van der Waals surface area contributed by atoms with E-state index in [0.29, 0.717) is 6.61 Å². The van der Waals surface area contributed by atoms with Crippen molar-refractivity contribution in [3.05, 3.63) is 28.8 Å². The maximum absolute atomic E-state index is 11.6. The minimum absolute atomic E-state index is 0.177. The Morgan fingerprint density at radius 2 is 2.15 bits per heavy atom. The van der Waals surface area contributed by atoms with Gasteiger partial charge in [0.15, 0.2) is 0 Å². The molecule has 20 heavy (non-hydrogen) atoms. The highest BCUT2D eigenvalue weighted by Crippen LogP contribution is 2.33. The van der Waals surface area contributed by atoms with Gasteiger partial charge in [-0.1, -0.05) is 6.07 Å². The van der Waals surface area contributed by atoms with E-state index in [1.165, 1.54) is 10.5 Å². The number of benzene rings is 1. The number of piperazine rings is 1. The fourth-order valence-corrected chi connectivity index (χ4v) is 3.74. The van der Waals surface area contributed by atoms with Crippen LogP contribution in [0.1, 0.15) is 21.5 Å². The third-order valence-electron chi connectivity index (χ3n) is 4.02. The normalized spacial score (nSPS) is 18.9. The lowest BCUT2D eigenvalue weighted by Gasteiger charge is -2.27. The quantitative estimate of drug-likeness (QED) is 0.673. The molecule has 0 radical (unpaired) electrons. The largest absolute Gasteiger partial charge is 0.457 e. The highest BCUT2D eigenvalue weighted by molar-refractivity contribution is 7.98. The number of esters is 1. The minimum atomic E-state index is -0.177. The summed E-state index contributed by atoms with van der Waals surface area (Å²) >= 11 is 1.73. The summed E-state index contributed by atoms with van der Waals surface area (Å²) in [5.41, 5.74) is 3.17. The Hall–Kier alpha value is -1.04. The van der Waals surface area contributed by atoms with Crippen LogP contribution in [0.5, 0.6) is 0 Å². The second kappa shape index (κ2) is 6.16. The van der Waals surface area contributed by atoms with Gasteiger partial charge in [-0.2, -0.15) is 0 Å². The van der Waals surface area contributed by atoms with E-state index in [0.717, 1.165) is 50.3 Å². The number of carbonyl (C=O) groups excluding carboxylic acids is 1. The summed E-state index contributed by atoms with van der Waals surface area (Å²) < 4.78 is 5.14. The Bertz CT molecular complexity index is 513. The molecule has 2 aliphatic rings. The highest BCUT2D eigenvalue weighted by atomic mass is 32.2. The van der Waals surface area contributed by atoms with Crippen LogP contribution in [0.25, 0.3) is 0 Å². The number of carbonyl (C=O) groups is 1. The number of cyclic esters (lactones) is 1. The number of nitrogens with zero attached hydrogens (tertiary/aromatic N) is 1. The van der Waals surface area contributed by atoms with Crippen molar-refractivity contribution >= 4 is 17.7 Å². The lowest BCUT2D eigenvalue weighted by Crippen LogP contribution is -2.44. The zero-order chi connectivity index (χ0) is 13.9. The van der Waals surface area contributed by atoms with E-state index >= 15 is 0 Å². The SMILES string of the molecule is CSc1c(CCN2CCNCC2)ccc2c1COC2=O. The van der Waals surface area contributed by atoms with Crippen LogP contribution < -0.4 is 5.32 Å². The van der Waals surface area contributed by atoms with Gasteiger partial charge < -0.3 is 15.0 Å². The Morgan fingerprint density at radius 1 is 1.35 bits per heavy atom. The zero-order valence-electron chi connectivity index (χ0n) is 11.8. The molecule has 1 fully saturated rings. The molecule has 0 aliphatic carbocycles. The van der Waals surface area contributed by atoms with Crippen LogP contribution in [0.15, 0.2) is 17.0 Å². The lowest BCUT2D eigenvalue weighted by molar-refractivity contribution is 0.0534. The summed E-state index contributed by atoms with van der Waals surface area (Å²) in [7, 11) is 0. The molecular weight excluding hydrogens is 272 g/mol. The third kappa shape index (κ3) is 2.71. The number of hydrogen-bond acceptors (Lipinski definition) is 5. The van der Waals surface area contributed by atoms with Gasteiger partial charge >= 0.3 is 5.97 Å². The van der Waals surface area contributed by atoms with Gasteiger partial charge in [0.25, 0.3) is 0 Å². The van der Waals surface area contributed by atoms with Gasteiger partial charge in [-0.05, 0) is 24.3 Å². The van der Waals surface area contributed by atoms with E-state index in [1.54, 1.807) is 11.8 Å². The molecule has 108 valence electrons. The van der Waals surface area contributed by atoms with Crippen molar-refractivity contribution < 1.29 is 9.53 Å². The molecule has 3 rings (SSSR count). The van der Waals surface area contributed by atoms with Crippen LogP contribution in [0, 0.1) is 0 Å². The third-order valence-corrected chi connectivity index (χ3v) is 4.94. The molecule has 2 heterocycles. The van der Waals surface area contributed by atoms with Crippen molar-refractivity contribution in [3.8, 4) is 0 Å². The maximum atomic E-state index is 11.6. The fraction of sp³-hybridized carbons (Fsp3) is 0.533. The van der Waals surface area contributed by atoms with Gasteiger partial charge in [-0.25, -0.2) is 4.79 Å². The van der Waals surface area contributed by atoms with Crippen molar-refractivity contribution in [1.29, 1.82) is 0 Å². The monoisotopic (exact) mass is 292 g/mol. The Balaban J connectivity index is 1.74. The molecule has 2 aliphatic heterocycles. The number of hydrogen-bond donors (Lipinski definition) is 1. The van der Waals surface area contributed by atoms with Crippen molar-refractivity contribution in [2.45, 2.75) is 17.9 Å². The molecule has 1 aromatic rings. The molecule has 1 aromatic carbocycles. The topological polar surface area (TPSA) is 41.6 Å². The summed E-state index contributed by atoms with van der Waals surface area (Å²) in [6.45, 7) is 5.95. The molecule has 4 nitrogen and oxygen atoms in total. The molecule has 0 atom stereocenters. The van der Waals surface area contributed by atoms with E-state index in [-0.39, 0.29) is 5.97 Å². The average molecular weight is 292 g/mol. The van der Waals surface area contributed by atoms with Crippen LogP contribution in [0.4, 0.5) is 0 Å². The molecule has 0 amide bonds. The predicted molar refractivity (Wildman–Crippen MR) is 80.4 cm³/mol. The average Bonchev–Trinajstić information content (AvgIpc) is 2.87. The Morgan fingerprint density at radius 3 is 2.90 bits per heavy atom. The molecule has 5 heteroatoms. The smallest absolute Gasteiger partial charge is 0.338 e. The van der Waals surface area contributed by atoms with E-state index in [1.807, 2.05) is 6.07 Å². The van der Waals surface area contributed by atoms with Gasteiger partial charge in [-0.15, -0.1) is 11.8 Å². The standard InChI is InChI=1S/C15H20N2O2S/c1-20-14-11(4-7-17-8-5-16-6-9-17)2-3-12-13(14)10-19-15(12)18/h2-3,16H,4-10H2,1H3. The van der Waals surface area contributed by atoms with E-state index < -0.39 is 0 Å². The van der Waals surface area contributed by atoms with Crippen LogP contribution in [-0.4, -0.2) is 49.8 Å². The van der Waals surface area contributed by atoms with Crippen LogP contribution in [0.3, 0.4) is 0 Å². The van der Waals surface area contributed by atoms with Crippen LogP contribution in [0.2, 0.25) is 0 Å². The minimum Gasteiger partial charge on any atom is -0.457 e. The number of rotatable bonds is 4. The molecule has 0 aromatic heterocycles. The second-order valence-corrected chi connectivity index (χ2v) is 6.02. The van der Waals surface area contributed by atoms with Crippen molar-refractivity contribution in [2.24, 2.45) is 0 Å². The molecular formula is C15H20N2O2S. The van der Waals surface area contributed by atoms with E-state index in [2.05, 4.69) is 22.5 Å². The first-order chi connectivity index (χ1) is 9.79. The van der Waals surface area contributed by atoms with Gasteiger partial charge in [-0.3, -0.25) is 0 Å². The van der Waals surface area contributed by atoms with E-state index in [9.17, 15) is 4.79 Å². The summed E-state index contributed by atoms with van der Waals surface area (Å²) in [5.74, 6) is -0.177. The molecule has 0 bridgehead atoms. The van der Waals surface area contributed by atoms with Gasteiger partial charge in [0.05, 0.1) is 5.56 Å². The molecule has 0 unspecified atom stereocenters. The summed E-state index contributed by atoms with van der Waals surface area (Å²) in [6, 6.07) is 4.02. The van der Waals surface area contributed by atoms with Gasteiger partial charge in [0.1, 0.15) is 6.61 Å². The van der Waals surface area contributed by atoms with Gasteiger partial charge in [0.2, 0.25) is 0 Å². The first kappa shape index (κ1) is 13.9. The second-order valence-electron chi connectivity index (χ2n) is 5.20. The van der Waals surface area contributed by atoms with Crippen molar-refractivity contribution in [1.82, 2.24) is 10.2 Å². The number of nitrogens with one attached hydrogen (secondary N) is 1. The Kier molecular flexibility index (Phi) is 4.29. The Labute approximate surface area is 123 Å². The van der Waals surface area contributed by atoms with Crippen molar-refractivity contribution in [2.75, 3.05) is 39.0 Å². The van der Waals surface area contributed by atoms with Crippen LogP contribution >= 0.6 is 11.8 Å². The molecule has 0 saturated carbocycles. The first-order valence-corrected chi connectivity index (χ1v) is 8.31. The summed E-state index contributed by atoms with van der Waals surface area (Å²) in [4.78, 5) is 15.3. The highest BCUT2D eigenvalue weighted by Gasteiger charge is 2.25. The predicted octanol–water partition coefficient (Wildman–Crippen LogP) is 1.53. The summed E-state index contributed by atoms with van der Waals surface area (Å²) in [5, 5.41) is 3.37. The number of thioether (sulfide) groups is 1. The van der Waals surface area contributed by atoms with Crippen LogP contribution in [-0.2, 0) is 17.8 Å².